The van der Waals surface area contributed by atoms with Crippen LogP contribution < -0.4 is 5.84 Å². The molecule has 0 aromatic carbocycles. The molecule has 0 saturated carbocycles. The molecule has 0 spiro atoms. The Kier molecular flexibility index (Phi) is 6.85. The zero-order valence-corrected chi connectivity index (χ0v) is 9.52. The number of likely N-dealkylation sites (N-methyl/N-ethyl adjacent to an activating group) is 1. The van der Waals surface area contributed by atoms with Crippen LogP contribution in [-0.4, -0.2) is 62.0 Å². The average molecular weight is 217 g/mol. The summed E-state index contributed by atoms with van der Waals surface area (Å²) in [6.07, 6.45) is 0. The number of hydrazine groups is 1. The van der Waals surface area contributed by atoms with E-state index in [-0.39, 0.29) is 24.9 Å². The van der Waals surface area contributed by atoms with Gasteiger partial charge in [0.2, 0.25) is 0 Å². The Bertz CT molecular complexity index is 219. The molecule has 0 fully saturated rings. The van der Waals surface area contributed by atoms with E-state index < -0.39 is 0 Å². The van der Waals surface area contributed by atoms with Crippen LogP contribution in [0.4, 0.5) is 0 Å². The fraction of sp³-hybridized carbons (Fsp3) is 0.778. The van der Waals surface area contributed by atoms with Crippen molar-refractivity contribution in [1.29, 1.82) is 0 Å². The minimum absolute atomic E-state index is 0.0484. The van der Waals surface area contributed by atoms with Crippen molar-refractivity contribution in [3.8, 4) is 0 Å². The molecule has 0 radical (unpaired) electrons. The zero-order chi connectivity index (χ0) is 11.8. The van der Waals surface area contributed by atoms with Crippen LogP contribution in [0.2, 0.25) is 0 Å². The molecule has 0 aromatic rings. The van der Waals surface area contributed by atoms with Gasteiger partial charge in [0.05, 0.1) is 0 Å². The zero-order valence-electron chi connectivity index (χ0n) is 9.52. The predicted molar refractivity (Wildman–Crippen MR) is 56.0 cm³/mol. The Balaban J connectivity index is 3.64. The number of nitrogens with zero attached hydrogens (tertiary/aromatic N) is 2. The third-order valence-corrected chi connectivity index (χ3v) is 1.64. The number of carbonyl (C=O) groups excluding carboxylic acids is 2. The summed E-state index contributed by atoms with van der Waals surface area (Å²) in [4.78, 5) is 23.7. The van der Waals surface area contributed by atoms with Crippen molar-refractivity contribution in [3.63, 3.8) is 0 Å². The number of ketones is 1. The Morgan fingerprint density at radius 2 is 1.80 bits per heavy atom. The molecule has 2 N–H and O–H groups in total. The summed E-state index contributed by atoms with van der Waals surface area (Å²) in [6.45, 7) is 2.33. The first-order valence-electron chi connectivity index (χ1n) is 4.70. The van der Waals surface area contributed by atoms with E-state index in [1.165, 1.54) is 6.92 Å². The minimum Gasteiger partial charge on any atom is -0.364 e. The molecule has 6 heteroatoms. The monoisotopic (exact) mass is 217 g/mol. The lowest BCUT2D eigenvalue weighted by Crippen LogP contribution is -2.43. The number of hydrogen-bond donors (Lipinski definition) is 1. The second-order valence-electron chi connectivity index (χ2n) is 3.59. The maximum absolute atomic E-state index is 11.3. The normalized spacial score (nSPS) is 10.5. The maximum atomic E-state index is 11.3. The summed E-state index contributed by atoms with van der Waals surface area (Å²) < 4.78 is 4.85. The van der Waals surface area contributed by atoms with Gasteiger partial charge in [-0.3, -0.25) is 14.6 Å². The van der Waals surface area contributed by atoms with E-state index in [2.05, 4.69) is 0 Å². The van der Waals surface area contributed by atoms with Gasteiger partial charge in [0.25, 0.3) is 5.91 Å². The second-order valence-corrected chi connectivity index (χ2v) is 3.59. The summed E-state index contributed by atoms with van der Waals surface area (Å²) in [7, 11) is 3.79. The van der Waals surface area contributed by atoms with Crippen molar-refractivity contribution in [2.24, 2.45) is 5.84 Å². The topological polar surface area (TPSA) is 75.9 Å². The van der Waals surface area contributed by atoms with Gasteiger partial charge in [-0.15, -0.1) is 0 Å². The van der Waals surface area contributed by atoms with Gasteiger partial charge in [0, 0.05) is 13.1 Å². The van der Waals surface area contributed by atoms with Crippen LogP contribution in [-0.2, 0) is 14.3 Å². The lowest BCUT2D eigenvalue weighted by molar-refractivity contribution is -0.138. The van der Waals surface area contributed by atoms with Gasteiger partial charge in [-0.1, -0.05) is 0 Å². The second kappa shape index (κ2) is 7.33. The smallest absolute Gasteiger partial charge is 0.262 e. The van der Waals surface area contributed by atoms with E-state index in [1.54, 1.807) is 0 Å². The van der Waals surface area contributed by atoms with Crippen LogP contribution in [0.1, 0.15) is 6.92 Å². The Labute approximate surface area is 89.9 Å². The number of amides is 1. The number of nitrogens with two attached hydrogens (primary N) is 1. The molecule has 1 amide bonds. The highest BCUT2D eigenvalue weighted by Gasteiger charge is 2.09. The number of rotatable bonds is 7. The molecule has 0 heterocycles. The Morgan fingerprint density at radius 1 is 1.20 bits per heavy atom. The minimum atomic E-state index is -0.321. The fourth-order valence-electron chi connectivity index (χ4n) is 0.797. The molecule has 0 saturated heterocycles. The molecule has 0 rings (SSSR count). The Morgan fingerprint density at radius 3 is 2.27 bits per heavy atom. The van der Waals surface area contributed by atoms with Gasteiger partial charge < -0.3 is 9.64 Å². The van der Waals surface area contributed by atoms with Gasteiger partial charge in [0.1, 0.15) is 13.2 Å². The molecule has 15 heavy (non-hydrogen) atoms. The first-order valence-corrected chi connectivity index (χ1v) is 4.70. The average Bonchev–Trinajstić information content (AvgIpc) is 2.13. The fourth-order valence-corrected chi connectivity index (χ4v) is 0.797. The van der Waals surface area contributed by atoms with E-state index in [0.717, 1.165) is 5.01 Å². The summed E-state index contributed by atoms with van der Waals surface area (Å²) in [5.41, 5.74) is 0. The molecule has 88 valence electrons. The molecule has 0 aromatic heterocycles. The lowest BCUT2D eigenvalue weighted by Gasteiger charge is -2.18. The highest BCUT2D eigenvalue weighted by Crippen LogP contribution is 1.85. The van der Waals surface area contributed by atoms with Crippen molar-refractivity contribution in [1.82, 2.24) is 9.91 Å². The van der Waals surface area contributed by atoms with Crippen LogP contribution in [0.25, 0.3) is 0 Å². The van der Waals surface area contributed by atoms with Crippen molar-refractivity contribution < 1.29 is 14.3 Å². The third-order valence-electron chi connectivity index (χ3n) is 1.64. The Hall–Kier alpha value is -0.980. The molecule has 6 nitrogen and oxygen atoms in total. The highest BCUT2D eigenvalue weighted by molar-refractivity contribution is 5.79. The number of carbonyl (C=O) groups is 2. The van der Waals surface area contributed by atoms with E-state index in [9.17, 15) is 9.59 Å². The van der Waals surface area contributed by atoms with Crippen molar-refractivity contribution in [2.75, 3.05) is 40.4 Å². The van der Waals surface area contributed by atoms with Crippen molar-refractivity contribution in [2.45, 2.75) is 6.92 Å². The van der Waals surface area contributed by atoms with Crippen LogP contribution >= 0.6 is 0 Å². The standard InChI is InChI=1S/C9H19N3O3/c1-8(13)6-15-7-9(14)12(10)5-4-11(2)3/h4-7,10H2,1-3H3. The number of hydrogen-bond acceptors (Lipinski definition) is 5. The predicted octanol–water partition coefficient (Wildman–Crippen LogP) is -1.14. The van der Waals surface area contributed by atoms with Crippen LogP contribution in [0.5, 0.6) is 0 Å². The SMILES string of the molecule is CC(=O)COCC(=O)N(N)CCN(C)C. The largest absolute Gasteiger partial charge is 0.364 e. The summed E-state index contributed by atoms with van der Waals surface area (Å²) in [5.74, 6) is 5.04. The molecular weight excluding hydrogens is 198 g/mol. The quantitative estimate of drug-likeness (QED) is 0.331. The van der Waals surface area contributed by atoms with Gasteiger partial charge in [0.15, 0.2) is 5.78 Å². The van der Waals surface area contributed by atoms with Crippen molar-refractivity contribution in [3.05, 3.63) is 0 Å². The van der Waals surface area contributed by atoms with E-state index in [0.29, 0.717) is 13.1 Å². The molecule has 0 aliphatic carbocycles. The molecule has 0 aliphatic heterocycles. The first kappa shape index (κ1) is 14.0. The molecule has 0 bridgehead atoms. The molecule has 0 unspecified atom stereocenters. The van der Waals surface area contributed by atoms with Gasteiger partial charge in [-0.05, 0) is 21.0 Å². The van der Waals surface area contributed by atoms with Gasteiger partial charge in [-0.25, -0.2) is 5.84 Å². The first-order chi connectivity index (χ1) is 6.93. The lowest BCUT2D eigenvalue weighted by atomic mass is 10.5. The molecule has 0 aliphatic rings. The molecule has 0 atom stereocenters. The van der Waals surface area contributed by atoms with Gasteiger partial charge in [-0.2, -0.15) is 0 Å². The van der Waals surface area contributed by atoms with Crippen LogP contribution in [0, 0.1) is 0 Å². The van der Waals surface area contributed by atoms with E-state index in [4.69, 9.17) is 10.6 Å². The molecular formula is C9H19N3O3. The maximum Gasteiger partial charge on any atom is 0.262 e. The highest BCUT2D eigenvalue weighted by atomic mass is 16.5. The van der Waals surface area contributed by atoms with E-state index in [1.807, 2.05) is 19.0 Å². The summed E-state index contributed by atoms with van der Waals surface area (Å²) in [6, 6.07) is 0. The van der Waals surface area contributed by atoms with Crippen LogP contribution in [0.15, 0.2) is 0 Å². The summed E-state index contributed by atoms with van der Waals surface area (Å²) >= 11 is 0. The summed E-state index contributed by atoms with van der Waals surface area (Å²) in [5, 5.41) is 1.10. The van der Waals surface area contributed by atoms with Crippen LogP contribution in [0.3, 0.4) is 0 Å². The van der Waals surface area contributed by atoms with E-state index >= 15 is 0 Å². The van der Waals surface area contributed by atoms with Gasteiger partial charge >= 0.3 is 0 Å². The third kappa shape index (κ3) is 8.04. The van der Waals surface area contributed by atoms with Crippen molar-refractivity contribution >= 4 is 11.7 Å². The number of Topliss-reactive ketones (excluding diaryl/α,β-unsaturated/α-hetero) is 1. The number of ether oxygens (including phenoxy) is 1.